The van der Waals surface area contributed by atoms with Gasteiger partial charge in [0.15, 0.2) is 0 Å². The van der Waals surface area contributed by atoms with E-state index in [4.69, 9.17) is 4.98 Å². The van der Waals surface area contributed by atoms with Gasteiger partial charge >= 0.3 is 0 Å². The van der Waals surface area contributed by atoms with Crippen molar-refractivity contribution in [3.05, 3.63) is 88.8 Å². The van der Waals surface area contributed by atoms with Crippen LogP contribution in [0, 0.1) is 0 Å². The normalized spacial score (nSPS) is 20.7. The Morgan fingerprint density at radius 2 is 1.62 bits per heavy atom. The number of benzene rings is 2. The summed E-state index contributed by atoms with van der Waals surface area (Å²) >= 11 is 0. The van der Waals surface area contributed by atoms with Crippen molar-refractivity contribution >= 4 is 28.4 Å². The molecule has 2 fully saturated rings. The number of hydrogen-bond donors (Lipinski definition) is 1. The van der Waals surface area contributed by atoms with E-state index < -0.39 is 0 Å². The van der Waals surface area contributed by atoms with Gasteiger partial charge in [0.25, 0.3) is 5.56 Å². The lowest BCUT2D eigenvalue weighted by atomic mass is 9.79. The van der Waals surface area contributed by atoms with Crippen molar-refractivity contribution < 1.29 is 0 Å². The number of aromatic nitrogens is 3. The van der Waals surface area contributed by atoms with Crippen molar-refractivity contribution in [2.24, 2.45) is 0 Å². The van der Waals surface area contributed by atoms with Gasteiger partial charge in [-0.1, -0.05) is 43.2 Å². The number of pyridine rings is 1. The van der Waals surface area contributed by atoms with Crippen molar-refractivity contribution in [3.63, 3.8) is 0 Å². The van der Waals surface area contributed by atoms with Gasteiger partial charge in [-0.05, 0) is 55.8 Å². The molecule has 2 unspecified atom stereocenters. The Bertz CT molecular complexity index is 1410. The quantitative estimate of drug-likeness (QED) is 0.412. The van der Waals surface area contributed by atoms with Crippen LogP contribution in [-0.4, -0.2) is 52.7 Å². The van der Waals surface area contributed by atoms with Crippen LogP contribution in [0.1, 0.15) is 43.2 Å². The molecule has 7 nitrogen and oxygen atoms in total. The fourth-order valence-electron chi connectivity index (χ4n) is 5.88. The number of likely N-dealkylation sites (N-methyl/N-ethyl adjacent to an activating group) is 1. The maximum atomic E-state index is 13.3. The molecule has 3 heterocycles. The summed E-state index contributed by atoms with van der Waals surface area (Å²) in [6.45, 7) is 4.25. The first-order chi connectivity index (χ1) is 18.2. The highest BCUT2D eigenvalue weighted by molar-refractivity contribution is 5.76. The van der Waals surface area contributed by atoms with Crippen LogP contribution in [0.15, 0.2) is 77.7 Å². The third kappa shape index (κ3) is 4.96. The zero-order chi connectivity index (χ0) is 25.2. The predicted molar refractivity (Wildman–Crippen MR) is 150 cm³/mol. The van der Waals surface area contributed by atoms with Gasteiger partial charge in [0.05, 0.1) is 0 Å². The van der Waals surface area contributed by atoms with E-state index in [0.717, 1.165) is 56.5 Å². The monoisotopic (exact) mass is 494 g/mol. The Balaban J connectivity index is 1.30. The smallest absolute Gasteiger partial charge is 0.252 e. The topological polar surface area (TPSA) is 66.3 Å². The fraction of sp³-hybridized carbons (Fsp3) is 0.367. The highest BCUT2D eigenvalue weighted by atomic mass is 16.1. The van der Waals surface area contributed by atoms with Crippen LogP contribution in [-0.2, 0) is 0 Å². The van der Waals surface area contributed by atoms with E-state index in [1.807, 2.05) is 22.9 Å². The molecule has 190 valence electrons. The van der Waals surface area contributed by atoms with E-state index in [9.17, 15) is 4.79 Å². The minimum absolute atomic E-state index is 0.00140. The van der Waals surface area contributed by atoms with Gasteiger partial charge in [0.1, 0.15) is 5.65 Å². The van der Waals surface area contributed by atoms with Crippen molar-refractivity contribution in [1.29, 1.82) is 0 Å². The van der Waals surface area contributed by atoms with Crippen LogP contribution in [0.2, 0.25) is 0 Å². The maximum absolute atomic E-state index is 13.3. The Morgan fingerprint density at radius 3 is 2.41 bits per heavy atom. The van der Waals surface area contributed by atoms with Crippen molar-refractivity contribution in [3.8, 4) is 0 Å². The van der Waals surface area contributed by atoms with Gasteiger partial charge in [-0.25, -0.2) is 4.98 Å². The van der Waals surface area contributed by atoms with E-state index >= 15 is 0 Å². The van der Waals surface area contributed by atoms with E-state index in [-0.39, 0.29) is 11.6 Å². The number of anilines is 3. The molecule has 7 heteroatoms. The molecule has 0 spiro atoms. The molecule has 2 atom stereocenters. The molecule has 37 heavy (non-hydrogen) atoms. The van der Waals surface area contributed by atoms with E-state index in [0.29, 0.717) is 17.5 Å². The summed E-state index contributed by atoms with van der Waals surface area (Å²) in [4.78, 5) is 27.5. The number of piperazine rings is 1. The molecule has 0 amide bonds. The molecule has 1 N–H and O–H groups in total. The summed E-state index contributed by atoms with van der Waals surface area (Å²) in [6, 6.07) is 22.6. The summed E-state index contributed by atoms with van der Waals surface area (Å²) < 4.78 is 1.93. The first kappa shape index (κ1) is 23.7. The highest BCUT2D eigenvalue weighted by Gasteiger charge is 2.30. The van der Waals surface area contributed by atoms with Crippen LogP contribution in [0.3, 0.4) is 0 Å². The molecule has 0 bridgehead atoms. The Hall–Kier alpha value is -3.71. The molecule has 2 aliphatic rings. The molecular formula is C30H34N6O. The minimum atomic E-state index is 0.00140. The van der Waals surface area contributed by atoms with Crippen LogP contribution >= 0.6 is 0 Å². The number of nitrogens with zero attached hydrogens (tertiary/aromatic N) is 5. The lowest BCUT2D eigenvalue weighted by Crippen LogP contribution is -2.44. The van der Waals surface area contributed by atoms with Gasteiger partial charge in [-0.15, -0.1) is 0 Å². The van der Waals surface area contributed by atoms with Crippen LogP contribution in [0.4, 0.5) is 17.3 Å². The molecule has 4 aromatic rings. The van der Waals surface area contributed by atoms with Gasteiger partial charge in [0.2, 0.25) is 5.95 Å². The molecular weight excluding hydrogens is 460 g/mol. The number of nitrogens with one attached hydrogen (secondary N) is 1. The van der Waals surface area contributed by atoms with Crippen molar-refractivity contribution in [2.75, 3.05) is 43.4 Å². The second-order valence-corrected chi connectivity index (χ2v) is 10.3. The summed E-state index contributed by atoms with van der Waals surface area (Å²) in [5.74, 6) is 0.804. The van der Waals surface area contributed by atoms with E-state index in [1.165, 1.54) is 17.7 Å². The second-order valence-electron chi connectivity index (χ2n) is 10.3. The molecule has 2 aromatic heterocycles. The van der Waals surface area contributed by atoms with Crippen LogP contribution in [0.25, 0.3) is 11.0 Å². The van der Waals surface area contributed by atoms with Crippen LogP contribution < -0.4 is 15.8 Å². The number of fused-ring (bicyclic) bond motifs is 1. The van der Waals surface area contributed by atoms with Crippen molar-refractivity contribution in [1.82, 2.24) is 19.4 Å². The summed E-state index contributed by atoms with van der Waals surface area (Å²) in [5, 5.41) is 4.24. The van der Waals surface area contributed by atoms with Gasteiger partial charge < -0.3 is 15.1 Å². The van der Waals surface area contributed by atoms with E-state index in [1.54, 1.807) is 6.07 Å². The SMILES string of the molecule is CN1CCN(c2ccc(Nc3ncc4ccc(=O)n(C5CCCCC5c5ccccc5)c4n3)cc2)CC1. The molecule has 6 rings (SSSR count). The van der Waals surface area contributed by atoms with Crippen molar-refractivity contribution in [2.45, 2.75) is 37.6 Å². The number of rotatable bonds is 5. The van der Waals surface area contributed by atoms with Crippen LogP contribution in [0.5, 0.6) is 0 Å². The lowest BCUT2D eigenvalue weighted by molar-refractivity contribution is 0.305. The molecule has 1 saturated carbocycles. The second kappa shape index (κ2) is 10.3. The minimum Gasteiger partial charge on any atom is -0.369 e. The lowest BCUT2D eigenvalue weighted by Gasteiger charge is -2.34. The first-order valence-electron chi connectivity index (χ1n) is 13.4. The third-order valence-corrected chi connectivity index (χ3v) is 7.95. The average Bonchev–Trinajstić information content (AvgIpc) is 2.94. The highest BCUT2D eigenvalue weighted by Crippen LogP contribution is 2.41. The largest absolute Gasteiger partial charge is 0.369 e. The Labute approximate surface area is 217 Å². The summed E-state index contributed by atoms with van der Waals surface area (Å²) in [6.07, 6.45) is 6.17. The van der Waals surface area contributed by atoms with Gasteiger partial charge in [-0.3, -0.25) is 9.36 Å². The third-order valence-electron chi connectivity index (χ3n) is 7.95. The zero-order valence-electron chi connectivity index (χ0n) is 21.4. The first-order valence-corrected chi connectivity index (χ1v) is 13.4. The molecule has 1 aliphatic heterocycles. The Kier molecular flexibility index (Phi) is 6.62. The molecule has 2 aromatic carbocycles. The van der Waals surface area contributed by atoms with Gasteiger partial charge in [-0.2, -0.15) is 4.98 Å². The maximum Gasteiger partial charge on any atom is 0.252 e. The molecule has 0 radical (unpaired) electrons. The standard InChI is InChI=1S/C30H34N6O/c1-34-17-19-35(20-18-34)25-14-12-24(13-15-25)32-30-31-21-23-11-16-28(37)36(29(23)33-30)27-10-6-5-9-26(27)22-7-3-2-4-8-22/h2-4,7-8,11-16,21,26-27H,5-6,9-10,17-20H2,1H3,(H,31,32,33). The number of hydrogen-bond acceptors (Lipinski definition) is 6. The summed E-state index contributed by atoms with van der Waals surface area (Å²) in [7, 11) is 2.17. The van der Waals surface area contributed by atoms with E-state index in [2.05, 4.69) is 75.7 Å². The fourth-order valence-corrected chi connectivity index (χ4v) is 5.88. The molecule has 1 saturated heterocycles. The Morgan fingerprint density at radius 1 is 0.865 bits per heavy atom. The zero-order valence-corrected chi connectivity index (χ0v) is 21.4. The predicted octanol–water partition coefficient (Wildman–Crippen LogP) is 5.19. The van der Waals surface area contributed by atoms with Gasteiger partial charge in [0, 0.05) is 67.2 Å². The summed E-state index contributed by atoms with van der Waals surface area (Å²) in [5.41, 5.74) is 4.16. The average molecular weight is 495 g/mol. The molecule has 1 aliphatic carbocycles.